The Bertz CT molecular complexity index is 1430. The van der Waals surface area contributed by atoms with Crippen LogP contribution >= 0.6 is 11.6 Å². The molecule has 1 amide bonds. The summed E-state index contributed by atoms with van der Waals surface area (Å²) in [5, 5.41) is 3.16. The number of halogens is 1. The van der Waals surface area contributed by atoms with Gasteiger partial charge in [-0.15, -0.1) is 0 Å². The number of rotatable bonds is 7. The Morgan fingerprint density at radius 2 is 1.53 bits per heavy atom. The number of aryl methyl sites for hydroxylation is 4. The summed E-state index contributed by atoms with van der Waals surface area (Å²) in [4.78, 5) is 24.6. The summed E-state index contributed by atoms with van der Waals surface area (Å²) >= 11 is 6.13. The van der Waals surface area contributed by atoms with Gasteiger partial charge in [-0.2, -0.15) is 0 Å². The van der Waals surface area contributed by atoms with Gasteiger partial charge in [0.05, 0.1) is 12.0 Å². The molecule has 2 N–H and O–H groups in total. The van der Waals surface area contributed by atoms with Gasteiger partial charge in [-0.25, -0.2) is 13.2 Å². The number of carbonyl (C=O) groups excluding carboxylic acids is 2. The first-order chi connectivity index (χ1) is 16.8. The third-order valence-electron chi connectivity index (χ3n) is 5.86. The van der Waals surface area contributed by atoms with Gasteiger partial charge in [0.1, 0.15) is 6.04 Å². The highest BCUT2D eigenvalue weighted by Crippen LogP contribution is 2.30. The van der Waals surface area contributed by atoms with Crippen LogP contribution < -0.4 is 10.0 Å². The number of hydrogen-bond acceptors (Lipinski definition) is 5. The molecule has 0 saturated carbocycles. The van der Waals surface area contributed by atoms with Crippen molar-refractivity contribution in [3.05, 3.63) is 81.4 Å². The van der Waals surface area contributed by atoms with E-state index in [4.69, 9.17) is 11.6 Å². The fourth-order valence-corrected chi connectivity index (χ4v) is 5.59. The largest absolute Gasteiger partial charge is 0.467 e. The molecule has 0 radical (unpaired) electrons. The van der Waals surface area contributed by atoms with Gasteiger partial charge in [0.25, 0.3) is 15.9 Å². The number of benzene rings is 3. The molecule has 0 aromatic heterocycles. The van der Waals surface area contributed by atoms with Crippen LogP contribution in [-0.4, -0.2) is 33.4 Å². The number of sulfonamides is 1. The molecule has 3 rings (SSSR count). The maximum Gasteiger partial charge on any atom is 0.328 e. The van der Waals surface area contributed by atoms with E-state index in [1.165, 1.54) is 7.11 Å². The van der Waals surface area contributed by atoms with E-state index in [1.807, 2.05) is 32.0 Å². The van der Waals surface area contributed by atoms with E-state index < -0.39 is 22.0 Å². The van der Waals surface area contributed by atoms with Crippen LogP contribution in [0.1, 0.15) is 39.5 Å². The summed E-state index contributed by atoms with van der Waals surface area (Å²) in [6.45, 7) is 8.64. The van der Waals surface area contributed by atoms with E-state index in [0.717, 1.165) is 22.3 Å². The van der Waals surface area contributed by atoms with Gasteiger partial charge in [-0.1, -0.05) is 35.9 Å². The van der Waals surface area contributed by atoms with Gasteiger partial charge >= 0.3 is 5.97 Å². The molecular weight excluding hydrogens is 500 g/mol. The average molecular weight is 529 g/mol. The van der Waals surface area contributed by atoms with Gasteiger partial charge in [0.15, 0.2) is 0 Å². The van der Waals surface area contributed by atoms with Gasteiger partial charge < -0.3 is 10.1 Å². The highest BCUT2D eigenvalue weighted by atomic mass is 35.5. The summed E-state index contributed by atoms with van der Waals surface area (Å²) in [5.74, 6) is -0.900. The summed E-state index contributed by atoms with van der Waals surface area (Å²) < 4.78 is 33.5. The molecule has 0 aliphatic rings. The maximum absolute atomic E-state index is 13.1. The van der Waals surface area contributed by atoms with E-state index in [2.05, 4.69) is 14.8 Å². The quantitative estimate of drug-likeness (QED) is 0.403. The van der Waals surface area contributed by atoms with Crippen LogP contribution in [0.25, 0.3) is 11.1 Å². The zero-order valence-corrected chi connectivity index (χ0v) is 22.6. The third-order valence-corrected chi connectivity index (χ3v) is 7.79. The molecule has 9 heteroatoms. The highest BCUT2D eigenvalue weighted by Gasteiger charge is 2.21. The van der Waals surface area contributed by atoms with E-state index in [1.54, 1.807) is 51.1 Å². The number of ether oxygens (including phenoxy) is 1. The molecule has 0 unspecified atom stereocenters. The Morgan fingerprint density at radius 1 is 0.889 bits per heavy atom. The SMILES string of the molecule is COC(=O)[C@H](C)NC(=O)c1c(C)cc(-c2cccc(NS(=O)(=O)c3cc(C)c(Cl)cc3C)c2)cc1C. The molecule has 0 fully saturated rings. The van der Waals surface area contributed by atoms with E-state index in [-0.39, 0.29) is 10.8 Å². The van der Waals surface area contributed by atoms with Gasteiger partial charge in [-0.3, -0.25) is 9.52 Å². The van der Waals surface area contributed by atoms with Crippen molar-refractivity contribution in [3.8, 4) is 11.1 Å². The Balaban J connectivity index is 1.90. The minimum absolute atomic E-state index is 0.165. The molecule has 0 bridgehead atoms. The van der Waals surface area contributed by atoms with Gasteiger partial charge in [0.2, 0.25) is 0 Å². The number of esters is 1. The van der Waals surface area contributed by atoms with Crippen LogP contribution in [0.5, 0.6) is 0 Å². The van der Waals surface area contributed by atoms with Crippen LogP contribution in [0.15, 0.2) is 53.4 Å². The van der Waals surface area contributed by atoms with Crippen molar-refractivity contribution >= 4 is 39.2 Å². The molecule has 0 saturated heterocycles. The van der Waals surface area contributed by atoms with E-state index >= 15 is 0 Å². The zero-order chi connectivity index (χ0) is 26.8. The predicted octanol–water partition coefficient (Wildman–Crippen LogP) is 5.33. The van der Waals surface area contributed by atoms with E-state index in [9.17, 15) is 18.0 Å². The van der Waals surface area contributed by atoms with Crippen molar-refractivity contribution in [2.45, 2.75) is 45.6 Å². The lowest BCUT2D eigenvalue weighted by atomic mass is 9.95. The second kappa shape index (κ2) is 10.7. The smallest absolute Gasteiger partial charge is 0.328 e. The van der Waals surface area contributed by atoms with Gasteiger partial charge in [-0.05, 0) is 92.3 Å². The molecule has 0 heterocycles. The standard InChI is InChI=1S/C27H29ClN2O5S/c1-15-13-24(16(2)12-23(15)28)36(33,34)30-22-9-7-8-20(14-22)21-10-17(3)25(18(4)11-21)26(31)29-19(5)27(32)35-6/h7-14,19,30H,1-6H3,(H,29,31)/t19-/m0/s1. The average Bonchev–Trinajstić information content (AvgIpc) is 2.80. The Hall–Kier alpha value is -3.36. The molecule has 3 aromatic carbocycles. The zero-order valence-electron chi connectivity index (χ0n) is 21.0. The molecule has 3 aromatic rings. The molecule has 36 heavy (non-hydrogen) atoms. The molecule has 0 aliphatic heterocycles. The van der Waals surface area contributed by atoms with Crippen molar-refractivity contribution in [1.29, 1.82) is 0 Å². The Kier molecular flexibility index (Phi) is 8.11. The fraction of sp³-hybridized carbons (Fsp3) is 0.259. The molecule has 7 nitrogen and oxygen atoms in total. The Labute approximate surface area is 216 Å². The van der Waals surface area contributed by atoms with Crippen molar-refractivity contribution < 1.29 is 22.7 Å². The van der Waals surface area contributed by atoms with Crippen molar-refractivity contribution in [2.24, 2.45) is 0 Å². The number of hydrogen-bond donors (Lipinski definition) is 2. The molecule has 0 spiro atoms. The van der Waals surface area contributed by atoms with Gasteiger partial charge in [0, 0.05) is 16.3 Å². The number of amides is 1. The fourth-order valence-electron chi connectivity index (χ4n) is 4.01. The minimum atomic E-state index is -3.84. The van der Waals surface area contributed by atoms with Crippen molar-refractivity contribution in [3.63, 3.8) is 0 Å². The maximum atomic E-state index is 13.1. The monoisotopic (exact) mass is 528 g/mol. The summed E-state index contributed by atoms with van der Waals surface area (Å²) in [7, 11) is -2.57. The Morgan fingerprint density at radius 3 is 2.14 bits per heavy atom. The lowest BCUT2D eigenvalue weighted by Crippen LogP contribution is -2.39. The second-order valence-electron chi connectivity index (χ2n) is 8.76. The van der Waals surface area contributed by atoms with Crippen LogP contribution in [0.2, 0.25) is 5.02 Å². The molecular formula is C27H29ClN2O5S. The number of methoxy groups -OCH3 is 1. The topological polar surface area (TPSA) is 102 Å². The second-order valence-corrected chi connectivity index (χ2v) is 10.8. The number of carbonyl (C=O) groups is 2. The minimum Gasteiger partial charge on any atom is -0.467 e. The molecule has 0 aliphatic carbocycles. The van der Waals surface area contributed by atoms with Crippen LogP contribution in [0.3, 0.4) is 0 Å². The van der Waals surface area contributed by atoms with Crippen LogP contribution in [-0.2, 0) is 19.6 Å². The summed E-state index contributed by atoms with van der Waals surface area (Å²) in [5.41, 5.74) is 5.14. The normalized spacial score (nSPS) is 12.1. The third kappa shape index (κ3) is 5.88. The highest BCUT2D eigenvalue weighted by molar-refractivity contribution is 7.92. The number of nitrogens with one attached hydrogen (secondary N) is 2. The van der Waals surface area contributed by atoms with Crippen molar-refractivity contribution in [2.75, 3.05) is 11.8 Å². The molecule has 190 valence electrons. The van der Waals surface area contributed by atoms with Crippen molar-refractivity contribution in [1.82, 2.24) is 5.32 Å². The first kappa shape index (κ1) is 27.2. The lowest BCUT2D eigenvalue weighted by Gasteiger charge is -2.16. The van der Waals surface area contributed by atoms with E-state index in [0.29, 0.717) is 27.4 Å². The first-order valence-corrected chi connectivity index (χ1v) is 13.1. The van der Waals surface area contributed by atoms with Crippen LogP contribution in [0.4, 0.5) is 5.69 Å². The first-order valence-electron chi connectivity index (χ1n) is 11.2. The lowest BCUT2D eigenvalue weighted by molar-refractivity contribution is -0.142. The number of anilines is 1. The summed E-state index contributed by atoms with van der Waals surface area (Å²) in [6, 6.07) is 13.2. The molecule has 1 atom stereocenters. The summed E-state index contributed by atoms with van der Waals surface area (Å²) in [6.07, 6.45) is 0. The predicted molar refractivity (Wildman–Crippen MR) is 142 cm³/mol. The van der Waals surface area contributed by atoms with Crippen LogP contribution in [0, 0.1) is 27.7 Å².